The molecule has 7 heteroatoms. The molecule has 0 aliphatic carbocycles. The Labute approximate surface area is 148 Å². The Balaban J connectivity index is 1.75. The average Bonchev–Trinajstić information content (AvgIpc) is 3.08. The van der Waals surface area contributed by atoms with Crippen molar-refractivity contribution in [3.63, 3.8) is 0 Å². The van der Waals surface area contributed by atoms with Crippen molar-refractivity contribution in [3.8, 4) is 0 Å². The zero-order valence-corrected chi connectivity index (χ0v) is 14.4. The Hall–Kier alpha value is -2.73. The summed E-state index contributed by atoms with van der Waals surface area (Å²) >= 11 is 6.38. The fourth-order valence-corrected chi connectivity index (χ4v) is 3.20. The number of fused-ring (bicyclic) bond motifs is 2. The molecule has 1 aromatic carbocycles. The second-order valence-electron chi connectivity index (χ2n) is 5.91. The molecule has 0 fully saturated rings. The van der Waals surface area contributed by atoms with Crippen LogP contribution >= 0.6 is 11.6 Å². The third-order valence-corrected chi connectivity index (χ3v) is 4.58. The molecule has 0 aliphatic rings. The number of hydrogen-bond donors (Lipinski definition) is 1. The zero-order valence-electron chi connectivity index (χ0n) is 13.7. The Morgan fingerprint density at radius 3 is 2.88 bits per heavy atom. The molecule has 0 aliphatic heterocycles. The number of nitrogens with zero attached hydrogens (tertiary/aromatic N) is 4. The highest BCUT2D eigenvalue weighted by Gasteiger charge is 2.15. The third kappa shape index (κ3) is 2.68. The van der Waals surface area contributed by atoms with Gasteiger partial charge in [0.15, 0.2) is 5.65 Å². The van der Waals surface area contributed by atoms with E-state index in [4.69, 9.17) is 11.6 Å². The van der Waals surface area contributed by atoms with Crippen LogP contribution in [-0.4, -0.2) is 19.6 Å². The summed E-state index contributed by atoms with van der Waals surface area (Å²) in [6.07, 6.45) is 3.42. The highest BCUT2D eigenvalue weighted by atomic mass is 35.5. The normalized spacial score (nSPS) is 12.6. The summed E-state index contributed by atoms with van der Waals surface area (Å²) in [5.74, 6) is 0.516. The van der Waals surface area contributed by atoms with E-state index < -0.39 is 0 Å². The van der Waals surface area contributed by atoms with Gasteiger partial charge in [0, 0.05) is 28.8 Å². The lowest BCUT2D eigenvalue weighted by Gasteiger charge is -2.18. The molecule has 0 spiro atoms. The van der Waals surface area contributed by atoms with Crippen LogP contribution in [0.4, 0.5) is 10.2 Å². The molecule has 4 aromatic rings. The summed E-state index contributed by atoms with van der Waals surface area (Å²) < 4.78 is 15.5. The molecular weight excluding hydrogens is 341 g/mol. The minimum atomic E-state index is -0.284. The van der Waals surface area contributed by atoms with Crippen LogP contribution in [0.15, 0.2) is 42.7 Å². The predicted molar refractivity (Wildman–Crippen MR) is 96.5 cm³/mol. The quantitative estimate of drug-likeness (QED) is 0.548. The van der Waals surface area contributed by atoms with Gasteiger partial charge in [0.05, 0.1) is 17.8 Å². The molecule has 5 nitrogen and oxygen atoms in total. The minimum absolute atomic E-state index is 0.121. The number of anilines is 1. The number of aromatic nitrogens is 4. The van der Waals surface area contributed by atoms with Gasteiger partial charge in [0.1, 0.15) is 16.8 Å². The first kappa shape index (κ1) is 15.8. The van der Waals surface area contributed by atoms with Gasteiger partial charge in [-0.15, -0.1) is 0 Å². The lowest BCUT2D eigenvalue weighted by atomic mass is 10.1. The second-order valence-corrected chi connectivity index (χ2v) is 6.27. The highest BCUT2D eigenvalue weighted by Crippen LogP contribution is 2.30. The molecule has 1 atom stereocenters. The van der Waals surface area contributed by atoms with Crippen molar-refractivity contribution in [2.24, 2.45) is 0 Å². The summed E-state index contributed by atoms with van der Waals surface area (Å²) in [5, 5.41) is 8.85. The van der Waals surface area contributed by atoms with E-state index in [0.717, 1.165) is 22.4 Å². The summed E-state index contributed by atoms with van der Waals surface area (Å²) in [6.45, 7) is 3.69. The summed E-state index contributed by atoms with van der Waals surface area (Å²) in [5.41, 5.74) is 2.67. The van der Waals surface area contributed by atoms with E-state index in [1.54, 1.807) is 29.9 Å². The Bertz CT molecular complexity index is 1090. The SMILES string of the molecule is Cc1c(F)ccc2cc(C(C)Nc3ccnc4ccnn34)c(Cl)nc12. The maximum absolute atomic E-state index is 13.7. The smallest absolute Gasteiger partial charge is 0.157 e. The number of halogens is 2. The van der Waals surface area contributed by atoms with Crippen LogP contribution in [-0.2, 0) is 0 Å². The first-order chi connectivity index (χ1) is 12.0. The van der Waals surface area contributed by atoms with E-state index in [1.807, 2.05) is 25.1 Å². The fourth-order valence-electron chi connectivity index (χ4n) is 2.90. The second kappa shape index (κ2) is 5.97. The fraction of sp³-hybridized carbons (Fsp3) is 0.167. The molecule has 0 amide bonds. The van der Waals surface area contributed by atoms with Gasteiger partial charge in [0.2, 0.25) is 0 Å². The van der Waals surface area contributed by atoms with Crippen LogP contribution in [0.1, 0.15) is 24.1 Å². The molecule has 0 saturated heterocycles. The number of pyridine rings is 1. The Morgan fingerprint density at radius 1 is 1.20 bits per heavy atom. The molecule has 0 saturated carbocycles. The first-order valence-electron chi connectivity index (χ1n) is 7.85. The van der Waals surface area contributed by atoms with Gasteiger partial charge in [-0.1, -0.05) is 11.6 Å². The van der Waals surface area contributed by atoms with E-state index in [1.165, 1.54) is 6.07 Å². The molecule has 1 unspecified atom stereocenters. The topological polar surface area (TPSA) is 55.1 Å². The first-order valence-corrected chi connectivity index (χ1v) is 8.23. The maximum atomic E-state index is 13.7. The average molecular weight is 356 g/mol. The summed E-state index contributed by atoms with van der Waals surface area (Å²) in [7, 11) is 0. The summed E-state index contributed by atoms with van der Waals surface area (Å²) in [6, 6.07) is 8.66. The molecule has 3 heterocycles. The summed E-state index contributed by atoms with van der Waals surface area (Å²) in [4.78, 5) is 8.65. The van der Waals surface area contributed by atoms with Crippen molar-refractivity contribution in [2.45, 2.75) is 19.9 Å². The van der Waals surface area contributed by atoms with Crippen LogP contribution < -0.4 is 5.32 Å². The zero-order chi connectivity index (χ0) is 17.6. The van der Waals surface area contributed by atoms with E-state index in [-0.39, 0.29) is 11.9 Å². The number of rotatable bonds is 3. The van der Waals surface area contributed by atoms with Gasteiger partial charge < -0.3 is 5.32 Å². The van der Waals surface area contributed by atoms with Gasteiger partial charge in [0.25, 0.3) is 0 Å². The van der Waals surface area contributed by atoms with Crippen molar-refractivity contribution >= 4 is 34.0 Å². The van der Waals surface area contributed by atoms with Gasteiger partial charge in [-0.05, 0) is 38.1 Å². The standard InChI is InChI=1S/C18H15ClFN5/c1-10-14(20)4-3-12-9-13(18(19)24-17(10)12)11(2)23-16-5-7-21-15-6-8-22-25(15)16/h3-9,11,23H,1-2H3. The molecule has 25 heavy (non-hydrogen) atoms. The molecular formula is C18H15ClFN5. The molecule has 0 radical (unpaired) electrons. The van der Waals surface area contributed by atoms with E-state index in [9.17, 15) is 4.39 Å². The van der Waals surface area contributed by atoms with Crippen molar-refractivity contribution in [2.75, 3.05) is 5.32 Å². The number of nitrogens with one attached hydrogen (secondary N) is 1. The predicted octanol–water partition coefficient (Wildman–Crippen LogP) is 4.55. The maximum Gasteiger partial charge on any atom is 0.157 e. The van der Waals surface area contributed by atoms with Crippen LogP contribution in [0.3, 0.4) is 0 Å². The third-order valence-electron chi connectivity index (χ3n) is 4.28. The molecule has 126 valence electrons. The van der Waals surface area contributed by atoms with Crippen LogP contribution in [0, 0.1) is 12.7 Å². The van der Waals surface area contributed by atoms with Crippen molar-refractivity contribution in [3.05, 3.63) is 64.8 Å². The number of hydrogen-bond acceptors (Lipinski definition) is 4. The van der Waals surface area contributed by atoms with Gasteiger partial charge >= 0.3 is 0 Å². The molecule has 0 bridgehead atoms. The lowest BCUT2D eigenvalue weighted by Crippen LogP contribution is -2.11. The van der Waals surface area contributed by atoms with Crippen LogP contribution in [0.25, 0.3) is 16.6 Å². The van der Waals surface area contributed by atoms with Gasteiger partial charge in [-0.2, -0.15) is 9.61 Å². The van der Waals surface area contributed by atoms with E-state index >= 15 is 0 Å². The van der Waals surface area contributed by atoms with Crippen molar-refractivity contribution in [1.82, 2.24) is 19.6 Å². The molecule has 1 N–H and O–H groups in total. The van der Waals surface area contributed by atoms with Crippen molar-refractivity contribution in [1.29, 1.82) is 0 Å². The van der Waals surface area contributed by atoms with Gasteiger partial charge in [-0.25, -0.2) is 14.4 Å². The highest BCUT2D eigenvalue weighted by molar-refractivity contribution is 6.30. The molecule has 4 rings (SSSR count). The lowest BCUT2D eigenvalue weighted by molar-refractivity contribution is 0.620. The number of benzene rings is 1. The minimum Gasteiger partial charge on any atom is -0.363 e. The Morgan fingerprint density at radius 2 is 2.04 bits per heavy atom. The van der Waals surface area contributed by atoms with Crippen LogP contribution in [0.2, 0.25) is 5.15 Å². The van der Waals surface area contributed by atoms with Crippen molar-refractivity contribution < 1.29 is 4.39 Å². The molecule has 3 aromatic heterocycles. The Kier molecular flexibility index (Phi) is 3.77. The van der Waals surface area contributed by atoms with E-state index in [2.05, 4.69) is 20.4 Å². The monoisotopic (exact) mass is 355 g/mol. The largest absolute Gasteiger partial charge is 0.363 e. The van der Waals surface area contributed by atoms with E-state index in [0.29, 0.717) is 16.2 Å². The number of aryl methyl sites for hydroxylation is 1. The van der Waals surface area contributed by atoms with Crippen LogP contribution in [0.5, 0.6) is 0 Å². The van der Waals surface area contributed by atoms with Gasteiger partial charge in [-0.3, -0.25) is 0 Å².